The van der Waals surface area contributed by atoms with Crippen molar-refractivity contribution in [1.29, 1.82) is 0 Å². The third kappa shape index (κ3) is 3.28. The van der Waals surface area contributed by atoms with Gasteiger partial charge in [0.2, 0.25) is 0 Å². The van der Waals surface area contributed by atoms with Crippen molar-refractivity contribution in [2.45, 2.75) is 50.7 Å². The first-order valence-corrected chi connectivity index (χ1v) is 11.0. The summed E-state index contributed by atoms with van der Waals surface area (Å²) >= 11 is 3.93. The summed E-state index contributed by atoms with van der Waals surface area (Å²) in [7, 11) is 0. The first-order chi connectivity index (χ1) is 11.3. The number of hydrogen-bond acceptors (Lipinski definition) is 3. The molecule has 2 atom stereocenters. The first kappa shape index (κ1) is 16.2. The van der Waals surface area contributed by atoms with Crippen molar-refractivity contribution in [2.24, 2.45) is 17.3 Å². The Labute approximate surface area is 149 Å². The Morgan fingerprint density at radius 3 is 2.78 bits per heavy atom. The molecule has 1 spiro atoms. The standard InChI is InChI=1S/C20H27NS2/c1-2-9-21-10-7-20(8-11-21)14-16(15-20)19(17-5-3-12-22-17)18-6-4-13-23-18/h3,12-13,16-17,19H,2,5,7-11,14-15H2,1H3. The van der Waals surface area contributed by atoms with Crippen LogP contribution in [0.4, 0.5) is 0 Å². The summed E-state index contributed by atoms with van der Waals surface area (Å²) in [6, 6.07) is 0. The summed E-state index contributed by atoms with van der Waals surface area (Å²) in [5, 5.41) is 5.15. The van der Waals surface area contributed by atoms with Crippen LogP contribution in [-0.4, -0.2) is 29.8 Å². The minimum atomic E-state index is 0.685. The van der Waals surface area contributed by atoms with Crippen molar-refractivity contribution in [2.75, 3.05) is 19.6 Å². The maximum atomic E-state index is 3.42. The van der Waals surface area contributed by atoms with Gasteiger partial charge in [0.15, 0.2) is 0 Å². The molecule has 3 aliphatic heterocycles. The van der Waals surface area contributed by atoms with Crippen LogP contribution >= 0.6 is 23.5 Å². The molecule has 0 N–H and O–H groups in total. The molecule has 0 aromatic heterocycles. The Hall–Kier alpha value is -0.300. The molecule has 3 heterocycles. The molecule has 124 valence electrons. The van der Waals surface area contributed by atoms with Crippen molar-refractivity contribution >= 4 is 23.5 Å². The summed E-state index contributed by atoms with van der Waals surface area (Å²) in [5.41, 5.74) is 7.29. The normalized spacial score (nSPS) is 30.8. The van der Waals surface area contributed by atoms with E-state index in [-0.39, 0.29) is 0 Å². The molecule has 0 aromatic rings. The summed E-state index contributed by atoms with van der Waals surface area (Å²) in [6.07, 6.45) is 10.7. The van der Waals surface area contributed by atoms with Gasteiger partial charge in [-0.25, -0.2) is 0 Å². The highest BCUT2D eigenvalue weighted by Gasteiger charge is 2.50. The molecule has 3 heteroatoms. The third-order valence-electron chi connectivity index (χ3n) is 6.22. The lowest BCUT2D eigenvalue weighted by Crippen LogP contribution is -2.50. The molecule has 4 aliphatic rings. The van der Waals surface area contributed by atoms with E-state index in [0.717, 1.165) is 11.2 Å². The van der Waals surface area contributed by atoms with Gasteiger partial charge >= 0.3 is 0 Å². The van der Waals surface area contributed by atoms with Gasteiger partial charge in [-0.15, -0.1) is 11.8 Å². The summed E-state index contributed by atoms with van der Waals surface area (Å²) in [6.45, 7) is 6.27. The second-order valence-corrected chi connectivity index (χ2v) is 9.75. The van der Waals surface area contributed by atoms with Crippen LogP contribution in [0.3, 0.4) is 0 Å². The van der Waals surface area contributed by atoms with Crippen molar-refractivity contribution in [3.05, 3.63) is 33.3 Å². The monoisotopic (exact) mass is 345 g/mol. The molecule has 2 fully saturated rings. The van der Waals surface area contributed by atoms with Gasteiger partial charge in [-0.3, -0.25) is 0 Å². The summed E-state index contributed by atoms with van der Waals surface area (Å²) in [5.74, 6) is 1.60. The molecule has 0 aromatic carbocycles. The van der Waals surface area contributed by atoms with Gasteiger partial charge in [0.25, 0.3) is 0 Å². The van der Waals surface area contributed by atoms with Gasteiger partial charge in [-0.2, -0.15) is 0 Å². The third-order valence-corrected chi connectivity index (χ3v) is 8.26. The van der Waals surface area contributed by atoms with E-state index >= 15 is 0 Å². The van der Waals surface area contributed by atoms with E-state index in [4.69, 9.17) is 0 Å². The van der Waals surface area contributed by atoms with E-state index in [9.17, 15) is 0 Å². The van der Waals surface area contributed by atoms with E-state index < -0.39 is 0 Å². The van der Waals surface area contributed by atoms with Gasteiger partial charge in [-0.1, -0.05) is 36.2 Å². The van der Waals surface area contributed by atoms with E-state index in [0.29, 0.717) is 11.3 Å². The average Bonchev–Trinajstić information content (AvgIpc) is 3.22. The lowest BCUT2D eigenvalue weighted by Gasteiger charge is -2.55. The molecular weight excluding hydrogens is 318 g/mol. The van der Waals surface area contributed by atoms with Crippen molar-refractivity contribution in [3.63, 3.8) is 0 Å². The van der Waals surface area contributed by atoms with Crippen LogP contribution in [0.2, 0.25) is 0 Å². The molecular formula is C20H27NS2. The lowest BCUT2D eigenvalue weighted by molar-refractivity contribution is -0.0294. The van der Waals surface area contributed by atoms with Crippen LogP contribution < -0.4 is 0 Å². The van der Waals surface area contributed by atoms with Gasteiger partial charge in [0.1, 0.15) is 0 Å². The lowest BCUT2D eigenvalue weighted by atomic mass is 9.54. The van der Waals surface area contributed by atoms with E-state index in [1.54, 1.807) is 0 Å². The zero-order valence-electron chi connectivity index (χ0n) is 14.1. The van der Waals surface area contributed by atoms with Gasteiger partial charge < -0.3 is 4.90 Å². The zero-order valence-corrected chi connectivity index (χ0v) is 15.7. The Morgan fingerprint density at radius 2 is 2.17 bits per heavy atom. The Balaban J connectivity index is 1.39. The molecule has 0 radical (unpaired) electrons. The number of piperidine rings is 1. The fraction of sp³-hybridized carbons (Fsp3) is 0.700. The van der Waals surface area contributed by atoms with Crippen LogP contribution in [0.25, 0.3) is 0 Å². The fourth-order valence-electron chi connectivity index (χ4n) is 4.99. The Bertz CT molecular complexity index is 556. The molecule has 4 rings (SSSR count). The van der Waals surface area contributed by atoms with Crippen LogP contribution in [0.15, 0.2) is 33.3 Å². The highest BCUT2D eigenvalue weighted by molar-refractivity contribution is 8.06. The molecule has 1 saturated carbocycles. The second-order valence-electron chi connectivity index (χ2n) is 7.69. The minimum Gasteiger partial charge on any atom is -0.303 e. The van der Waals surface area contributed by atoms with Crippen molar-refractivity contribution < 1.29 is 0 Å². The van der Waals surface area contributed by atoms with E-state index in [1.807, 2.05) is 11.8 Å². The topological polar surface area (TPSA) is 3.24 Å². The van der Waals surface area contributed by atoms with Gasteiger partial charge in [0, 0.05) is 21.5 Å². The van der Waals surface area contributed by atoms with E-state index in [1.165, 1.54) is 63.1 Å². The molecule has 1 nitrogen and oxygen atoms in total. The second kappa shape index (κ2) is 6.90. The molecule has 23 heavy (non-hydrogen) atoms. The quantitative estimate of drug-likeness (QED) is 0.612. The van der Waals surface area contributed by atoms with Gasteiger partial charge in [0.05, 0.1) is 0 Å². The number of nitrogens with zero attached hydrogens (tertiary/aromatic N) is 1. The maximum absolute atomic E-state index is 3.42. The van der Waals surface area contributed by atoms with Gasteiger partial charge in [-0.05, 0) is 74.9 Å². The number of hydrogen-bond donors (Lipinski definition) is 0. The summed E-state index contributed by atoms with van der Waals surface area (Å²) in [4.78, 5) is 4.14. The van der Waals surface area contributed by atoms with Crippen LogP contribution in [0.1, 0.15) is 45.4 Å². The number of allylic oxidation sites excluding steroid dienone is 2. The number of rotatable bonds is 5. The van der Waals surface area contributed by atoms with E-state index in [2.05, 4.69) is 51.9 Å². The highest BCUT2D eigenvalue weighted by atomic mass is 32.2. The largest absolute Gasteiger partial charge is 0.303 e. The highest BCUT2D eigenvalue weighted by Crippen LogP contribution is 2.59. The zero-order chi connectivity index (χ0) is 15.7. The first-order valence-electron chi connectivity index (χ1n) is 9.19. The molecule has 1 saturated heterocycles. The molecule has 2 unspecified atom stereocenters. The molecule has 0 amide bonds. The van der Waals surface area contributed by atoms with Crippen molar-refractivity contribution in [3.8, 4) is 0 Å². The van der Waals surface area contributed by atoms with Crippen LogP contribution in [0, 0.1) is 17.3 Å². The minimum absolute atomic E-state index is 0.685. The predicted octanol–water partition coefficient (Wildman–Crippen LogP) is 5.42. The summed E-state index contributed by atoms with van der Waals surface area (Å²) < 4.78 is 0. The Kier molecular flexibility index (Phi) is 4.86. The molecule has 0 bridgehead atoms. The van der Waals surface area contributed by atoms with Crippen molar-refractivity contribution in [1.82, 2.24) is 4.90 Å². The smallest absolute Gasteiger partial charge is 0.0445 e. The SMILES string of the molecule is CCCN1CCC2(CC1)CC(C(C1=C=C=CS1)C1CC=CS1)C2. The average molecular weight is 346 g/mol. The fourth-order valence-corrected chi connectivity index (χ4v) is 7.12. The maximum Gasteiger partial charge on any atom is 0.0445 e. The Morgan fingerprint density at radius 1 is 1.35 bits per heavy atom. The molecule has 1 aliphatic carbocycles. The number of thioether (sulfide) groups is 2. The van der Waals surface area contributed by atoms with Crippen LogP contribution in [-0.2, 0) is 0 Å². The van der Waals surface area contributed by atoms with Crippen LogP contribution in [0.5, 0.6) is 0 Å². The number of likely N-dealkylation sites (tertiary alicyclic amines) is 1. The predicted molar refractivity (Wildman–Crippen MR) is 102 cm³/mol.